The predicted molar refractivity (Wildman–Crippen MR) is 99.1 cm³/mol. The van der Waals surface area contributed by atoms with Crippen molar-refractivity contribution >= 4 is 35.1 Å². The minimum absolute atomic E-state index is 0.164. The maximum absolute atomic E-state index is 11.6. The molecule has 0 amide bonds. The fourth-order valence-corrected chi connectivity index (χ4v) is 2.58. The molecule has 3 aromatic rings. The van der Waals surface area contributed by atoms with Gasteiger partial charge < -0.3 is 9.40 Å². The molecular weight excluding hydrogens is 396 g/mol. The van der Waals surface area contributed by atoms with Gasteiger partial charge in [0, 0.05) is 11.1 Å². The van der Waals surface area contributed by atoms with Gasteiger partial charge in [-0.2, -0.15) is 0 Å². The Morgan fingerprint density at radius 3 is 2.43 bits per heavy atom. The molecule has 0 radical (unpaired) electrons. The number of aromatic nitrogens is 2. The molecule has 0 saturated carbocycles. The number of furan rings is 1. The van der Waals surface area contributed by atoms with E-state index in [4.69, 9.17) is 16.0 Å². The van der Waals surface area contributed by atoms with Crippen molar-refractivity contribution in [1.82, 2.24) is 9.97 Å². The Hall–Kier alpha value is -3.99. The summed E-state index contributed by atoms with van der Waals surface area (Å²) in [6, 6.07) is 6.99. The summed E-state index contributed by atoms with van der Waals surface area (Å²) in [7, 11) is 0. The summed E-state index contributed by atoms with van der Waals surface area (Å²) in [6.45, 7) is 0. The first-order chi connectivity index (χ1) is 13.3. The Morgan fingerprint density at radius 1 is 1.00 bits per heavy atom. The van der Waals surface area contributed by atoms with Gasteiger partial charge in [0.2, 0.25) is 0 Å². The van der Waals surface area contributed by atoms with Crippen LogP contribution in [0.2, 0.25) is 5.02 Å². The molecular formula is C16H9ClN4O7. The Balaban J connectivity index is 2.00. The molecule has 2 heterocycles. The first-order valence-electron chi connectivity index (χ1n) is 7.49. The highest BCUT2D eigenvalue weighted by molar-refractivity contribution is 6.30. The lowest BCUT2D eigenvalue weighted by Crippen LogP contribution is -2.25. The third-order valence-electron chi connectivity index (χ3n) is 3.59. The van der Waals surface area contributed by atoms with Crippen molar-refractivity contribution in [3.05, 3.63) is 87.9 Å². The Bertz CT molecular complexity index is 1240. The minimum Gasteiger partial charge on any atom is -0.456 e. The van der Waals surface area contributed by atoms with Crippen LogP contribution in [0.4, 0.5) is 11.4 Å². The maximum Gasteiger partial charge on any atom is 0.357 e. The Labute approximate surface area is 159 Å². The molecule has 11 nitrogen and oxygen atoms in total. The van der Waals surface area contributed by atoms with Gasteiger partial charge in [0.05, 0.1) is 15.4 Å². The predicted octanol–water partition coefficient (Wildman–Crippen LogP) is 2.96. The highest BCUT2D eigenvalue weighted by atomic mass is 35.5. The van der Waals surface area contributed by atoms with Gasteiger partial charge in [-0.05, 0) is 36.4 Å². The van der Waals surface area contributed by atoms with Gasteiger partial charge in [0.25, 0.3) is 5.69 Å². The van der Waals surface area contributed by atoms with E-state index >= 15 is 0 Å². The summed E-state index contributed by atoms with van der Waals surface area (Å²) in [6.07, 6.45) is 2.39. The quantitative estimate of drug-likeness (QED) is 0.487. The number of nitrogens with one attached hydrogen (secondary N) is 2. The molecule has 0 atom stereocenters. The zero-order valence-electron chi connectivity index (χ0n) is 13.7. The number of nitrogens with zero attached hydrogens (tertiary/aromatic N) is 2. The summed E-state index contributed by atoms with van der Waals surface area (Å²) in [5.74, 6) is 0.339. The van der Waals surface area contributed by atoms with Gasteiger partial charge in [-0.3, -0.25) is 30.0 Å². The molecule has 0 aliphatic heterocycles. The molecule has 3 rings (SSSR count). The van der Waals surface area contributed by atoms with Gasteiger partial charge in [-0.1, -0.05) is 11.6 Å². The summed E-state index contributed by atoms with van der Waals surface area (Å²) < 4.78 is 5.50. The van der Waals surface area contributed by atoms with Crippen LogP contribution in [-0.2, 0) is 0 Å². The molecule has 142 valence electrons. The van der Waals surface area contributed by atoms with Crippen molar-refractivity contribution in [2.24, 2.45) is 0 Å². The van der Waals surface area contributed by atoms with E-state index < -0.39 is 26.8 Å². The maximum atomic E-state index is 11.6. The van der Waals surface area contributed by atoms with Gasteiger partial charge in [0.1, 0.15) is 17.2 Å². The minimum atomic E-state index is -1.15. The van der Waals surface area contributed by atoms with Gasteiger partial charge in [0.15, 0.2) is 0 Å². The zero-order valence-corrected chi connectivity index (χ0v) is 14.4. The fraction of sp³-hybridized carbons (Fsp3) is 0. The molecule has 0 fully saturated rings. The van der Waals surface area contributed by atoms with Crippen molar-refractivity contribution in [1.29, 1.82) is 0 Å². The number of hydrogen-bond donors (Lipinski definition) is 2. The molecule has 0 spiro atoms. The van der Waals surface area contributed by atoms with Crippen molar-refractivity contribution < 1.29 is 14.3 Å². The van der Waals surface area contributed by atoms with Crippen LogP contribution in [0.25, 0.3) is 23.5 Å². The second kappa shape index (κ2) is 7.32. The molecule has 1 aromatic carbocycles. The SMILES string of the molecule is O=c1[nH]c(/C=C\c2ccc(-c3ccc(Cl)cc3[N+](=O)[O-])o2)c([N+](=O)[O-])c(=O)[nH]1. The monoisotopic (exact) mass is 404 g/mol. The van der Waals surface area contributed by atoms with Crippen LogP contribution in [0, 0.1) is 20.2 Å². The Kier molecular flexibility index (Phi) is 4.92. The van der Waals surface area contributed by atoms with E-state index in [9.17, 15) is 29.8 Å². The highest BCUT2D eigenvalue weighted by Gasteiger charge is 2.20. The van der Waals surface area contributed by atoms with Crippen molar-refractivity contribution in [3.8, 4) is 11.3 Å². The lowest BCUT2D eigenvalue weighted by molar-refractivity contribution is -0.386. The van der Waals surface area contributed by atoms with Crippen molar-refractivity contribution in [3.63, 3.8) is 0 Å². The first-order valence-corrected chi connectivity index (χ1v) is 7.87. The van der Waals surface area contributed by atoms with Crippen LogP contribution < -0.4 is 11.2 Å². The number of H-pyrrole nitrogens is 2. The second-order valence-electron chi connectivity index (χ2n) is 5.38. The summed E-state index contributed by atoms with van der Waals surface area (Å²) in [5, 5.41) is 22.4. The molecule has 2 aromatic heterocycles. The van der Waals surface area contributed by atoms with Gasteiger partial charge >= 0.3 is 16.9 Å². The summed E-state index contributed by atoms with van der Waals surface area (Å²) >= 11 is 5.78. The largest absolute Gasteiger partial charge is 0.456 e. The van der Waals surface area contributed by atoms with E-state index in [2.05, 4.69) is 4.98 Å². The second-order valence-corrected chi connectivity index (χ2v) is 5.82. The molecule has 0 aliphatic rings. The third-order valence-corrected chi connectivity index (χ3v) is 3.83. The number of halogens is 1. The van der Waals surface area contributed by atoms with E-state index in [0.29, 0.717) is 0 Å². The van der Waals surface area contributed by atoms with Crippen LogP contribution in [0.3, 0.4) is 0 Å². The van der Waals surface area contributed by atoms with Crippen molar-refractivity contribution in [2.75, 3.05) is 0 Å². The number of benzene rings is 1. The normalized spacial score (nSPS) is 11.0. The standard InChI is InChI=1S/C16H9ClN4O7/c17-8-1-4-10(12(7-8)20(24)25)13-6-3-9(28-13)2-5-11-14(21(26)27)15(22)19-16(23)18-11/h1-7H,(H2,18,19,22,23)/b5-2-. The number of aromatic amines is 2. The van der Waals surface area contributed by atoms with Gasteiger partial charge in [-0.15, -0.1) is 0 Å². The van der Waals surface area contributed by atoms with Gasteiger partial charge in [-0.25, -0.2) is 4.79 Å². The molecule has 2 N–H and O–H groups in total. The van der Waals surface area contributed by atoms with Crippen molar-refractivity contribution in [2.45, 2.75) is 0 Å². The number of nitro benzene ring substituents is 1. The third kappa shape index (κ3) is 3.73. The lowest BCUT2D eigenvalue weighted by Gasteiger charge is -2.00. The van der Waals surface area contributed by atoms with Crippen LogP contribution in [0.15, 0.2) is 44.3 Å². The lowest BCUT2D eigenvalue weighted by atomic mass is 10.1. The Morgan fingerprint density at radius 2 is 1.75 bits per heavy atom. The number of rotatable bonds is 5. The molecule has 0 bridgehead atoms. The highest BCUT2D eigenvalue weighted by Crippen LogP contribution is 2.33. The summed E-state index contributed by atoms with van der Waals surface area (Å²) in [5.41, 5.74) is -3.29. The molecule has 0 saturated heterocycles. The first kappa shape index (κ1) is 18.8. The van der Waals surface area contributed by atoms with E-state index in [1.54, 1.807) is 4.98 Å². The van der Waals surface area contributed by atoms with Crippen LogP contribution in [0.1, 0.15) is 11.5 Å². The zero-order chi connectivity index (χ0) is 20.4. The van der Waals surface area contributed by atoms with Crippen LogP contribution >= 0.6 is 11.6 Å². The van der Waals surface area contributed by atoms with Crippen LogP contribution in [-0.4, -0.2) is 19.8 Å². The van der Waals surface area contributed by atoms with Crippen LogP contribution in [0.5, 0.6) is 0 Å². The molecule has 12 heteroatoms. The molecule has 28 heavy (non-hydrogen) atoms. The summed E-state index contributed by atoms with van der Waals surface area (Å²) in [4.78, 5) is 47.5. The van der Waals surface area contributed by atoms with E-state index in [1.807, 2.05) is 0 Å². The fourth-order valence-electron chi connectivity index (χ4n) is 2.42. The molecule has 0 aliphatic carbocycles. The number of hydrogen-bond acceptors (Lipinski definition) is 7. The average Bonchev–Trinajstić information content (AvgIpc) is 3.07. The van der Waals surface area contributed by atoms with E-state index in [0.717, 1.165) is 6.08 Å². The number of nitro groups is 2. The topological polar surface area (TPSA) is 165 Å². The average molecular weight is 405 g/mol. The van der Waals surface area contributed by atoms with E-state index in [1.165, 1.54) is 36.4 Å². The smallest absolute Gasteiger partial charge is 0.357 e. The van der Waals surface area contributed by atoms with E-state index in [-0.39, 0.29) is 33.5 Å². The molecule has 0 unspecified atom stereocenters.